The summed E-state index contributed by atoms with van der Waals surface area (Å²) in [5.74, 6) is 1.60. The number of rotatable bonds is 7. The van der Waals surface area contributed by atoms with E-state index in [0.29, 0.717) is 29.7 Å². The summed E-state index contributed by atoms with van der Waals surface area (Å²) < 4.78 is 0. The topological polar surface area (TPSA) is 113 Å². The van der Waals surface area contributed by atoms with Gasteiger partial charge in [0.15, 0.2) is 5.13 Å². The molecule has 2 aliphatic heterocycles. The molecule has 3 aromatic rings. The number of nitrogens with one attached hydrogen (secondary N) is 3. The van der Waals surface area contributed by atoms with Gasteiger partial charge in [-0.15, -0.1) is 0 Å². The molecule has 4 N–H and O–H groups in total. The Labute approximate surface area is 179 Å². The first-order valence-corrected chi connectivity index (χ1v) is 11.2. The van der Waals surface area contributed by atoms with Gasteiger partial charge in [0.2, 0.25) is 0 Å². The Morgan fingerprint density at radius 2 is 2.17 bits per heavy atom. The number of aromatic nitrogens is 3. The molecule has 5 rings (SSSR count). The third-order valence-electron chi connectivity index (χ3n) is 6.20. The summed E-state index contributed by atoms with van der Waals surface area (Å²) in [6, 6.07) is 7.82. The van der Waals surface area contributed by atoms with Gasteiger partial charge in [0.05, 0.1) is 23.1 Å². The summed E-state index contributed by atoms with van der Waals surface area (Å²) in [7, 11) is 0. The van der Waals surface area contributed by atoms with Crippen LogP contribution in [-0.2, 0) is 6.61 Å². The summed E-state index contributed by atoms with van der Waals surface area (Å²) >= 11 is 1.42. The van der Waals surface area contributed by atoms with E-state index in [1.165, 1.54) is 24.2 Å². The van der Waals surface area contributed by atoms with Crippen molar-refractivity contribution in [2.75, 3.05) is 17.2 Å². The van der Waals surface area contributed by atoms with Crippen LogP contribution in [0.2, 0.25) is 0 Å². The highest BCUT2D eigenvalue weighted by atomic mass is 32.1. The van der Waals surface area contributed by atoms with Gasteiger partial charge in [-0.2, -0.15) is 5.26 Å². The van der Waals surface area contributed by atoms with E-state index in [4.69, 9.17) is 10.2 Å². The van der Waals surface area contributed by atoms with Crippen LogP contribution in [0.1, 0.15) is 37.0 Å². The molecule has 2 fully saturated rings. The van der Waals surface area contributed by atoms with E-state index in [1.54, 1.807) is 6.20 Å². The third kappa shape index (κ3) is 3.74. The summed E-state index contributed by atoms with van der Waals surface area (Å²) in [6.07, 6.45) is 8.83. The number of fused-ring (bicyclic) bond motifs is 3. The number of hydrogen-bond donors (Lipinski definition) is 4. The molecule has 0 spiro atoms. The number of aromatic amines is 1. The van der Waals surface area contributed by atoms with E-state index in [0.717, 1.165) is 46.8 Å². The maximum absolute atomic E-state index is 9.26. The highest BCUT2D eigenvalue weighted by Gasteiger charge is 2.40. The number of H-pyrrole nitrogens is 1. The first-order chi connectivity index (χ1) is 14.7. The van der Waals surface area contributed by atoms with Crippen molar-refractivity contribution < 1.29 is 5.11 Å². The van der Waals surface area contributed by atoms with Gasteiger partial charge in [-0.05, 0) is 31.7 Å². The molecule has 3 aromatic heterocycles. The second-order valence-electron chi connectivity index (χ2n) is 8.05. The number of hydrogen-bond acceptors (Lipinski definition) is 8. The number of aliphatic hydroxyl groups is 1. The molecule has 3 atom stereocenters. The second kappa shape index (κ2) is 8.22. The zero-order chi connectivity index (χ0) is 20.5. The Balaban J connectivity index is 1.34. The van der Waals surface area contributed by atoms with Crippen LogP contribution in [0.3, 0.4) is 0 Å². The molecule has 30 heavy (non-hydrogen) atoms. The Morgan fingerprint density at radius 1 is 1.33 bits per heavy atom. The number of pyridine rings is 1. The predicted molar refractivity (Wildman–Crippen MR) is 118 cm³/mol. The molecule has 0 saturated carbocycles. The van der Waals surface area contributed by atoms with Crippen LogP contribution < -0.4 is 10.6 Å². The second-order valence-corrected chi connectivity index (χ2v) is 9.17. The van der Waals surface area contributed by atoms with E-state index in [-0.39, 0.29) is 6.61 Å². The van der Waals surface area contributed by atoms with E-state index in [1.807, 2.05) is 12.3 Å². The lowest BCUT2D eigenvalue weighted by Gasteiger charge is -2.39. The molecular weight excluding hydrogens is 398 g/mol. The summed E-state index contributed by atoms with van der Waals surface area (Å²) in [5, 5.41) is 27.0. The van der Waals surface area contributed by atoms with Crippen molar-refractivity contribution in [2.24, 2.45) is 0 Å². The molecular formula is C21H25N7OS. The van der Waals surface area contributed by atoms with Gasteiger partial charge >= 0.3 is 0 Å². The van der Waals surface area contributed by atoms with Crippen molar-refractivity contribution in [3.05, 3.63) is 29.4 Å². The van der Waals surface area contributed by atoms with Gasteiger partial charge < -0.3 is 20.7 Å². The monoisotopic (exact) mass is 423 g/mol. The van der Waals surface area contributed by atoms with E-state index in [2.05, 4.69) is 37.6 Å². The molecule has 2 saturated heterocycles. The third-order valence-corrected chi connectivity index (χ3v) is 7.10. The fourth-order valence-electron chi connectivity index (χ4n) is 4.91. The molecule has 2 aliphatic rings. The lowest BCUT2D eigenvalue weighted by atomic mass is 9.97. The van der Waals surface area contributed by atoms with Crippen molar-refractivity contribution in [3.63, 3.8) is 0 Å². The molecule has 2 bridgehead atoms. The molecule has 9 heteroatoms. The van der Waals surface area contributed by atoms with Crippen molar-refractivity contribution >= 4 is 39.0 Å². The number of aliphatic hydroxyl groups excluding tert-OH is 1. The number of thiazole rings is 1. The molecule has 0 radical (unpaired) electrons. The lowest BCUT2D eigenvalue weighted by molar-refractivity contribution is 0.136. The molecule has 8 nitrogen and oxygen atoms in total. The van der Waals surface area contributed by atoms with Crippen LogP contribution in [0.5, 0.6) is 0 Å². The van der Waals surface area contributed by atoms with Crippen molar-refractivity contribution in [1.82, 2.24) is 19.9 Å². The SMILES string of the molecule is N#CCCN1C2CC[C@H]1CC(Nc1nc(Nc3ncc(CO)s3)cc3[nH]ccc13)C2. The van der Waals surface area contributed by atoms with E-state index < -0.39 is 0 Å². The minimum Gasteiger partial charge on any atom is -0.391 e. The number of anilines is 3. The zero-order valence-corrected chi connectivity index (χ0v) is 17.5. The number of nitrogens with zero attached hydrogens (tertiary/aromatic N) is 4. The van der Waals surface area contributed by atoms with Gasteiger partial charge in [-0.3, -0.25) is 4.90 Å². The van der Waals surface area contributed by atoms with Crippen LogP contribution in [0.15, 0.2) is 24.5 Å². The number of nitriles is 1. The fraction of sp³-hybridized carbons (Fsp3) is 0.476. The minimum atomic E-state index is -0.00928. The predicted octanol–water partition coefficient (Wildman–Crippen LogP) is 3.58. The summed E-state index contributed by atoms with van der Waals surface area (Å²) in [5.41, 5.74) is 1.02. The quantitative estimate of drug-likeness (QED) is 0.459. The first kappa shape index (κ1) is 19.3. The molecule has 0 aromatic carbocycles. The van der Waals surface area contributed by atoms with E-state index in [9.17, 15) is 5.11 Å². The van der Waals surface area contributed by atoms with Gasteiger partial charge in [0.25, 0.3) is 0 Å². The van der Waals surface area contributed by atoms with Crippen LogP contribution >= 0.6 is 11.3 Å². The zero-order valence-electron chi connectivity index (χ0n) is 16.6. The summed E-state index contributed by atoms with van der Waals surface area (Å²) in [6.45, 7) is 0.881. The van der Waals surface area contributed by atoms with Gasteiger partial charge in [0.1, 0.15) is 11.6 Å². The summed E-state index contributed by atoms with van der Waals surface area (Å²) in [4.78, 5) is 15.8. The van der Waals surface area contributed by atoms with Crippen molar-refractivity contribution in [1.29, 1.82) is 5.26 Å². The molecule has 156 valence electrons. The Morgan fingerprint density at radius 3 is 2.90 bits per heavy atom. The Hall–Kier alpha value is -2.67. The lowest BCUT2D eigenvalue weighted by Crippen LogP contribution is -2.47. The van der Waals surface area contributed by atoms with Crippen molar-refractivity contribution in [2.45, 2.75) is 56.8 Å². The van der Waals surface area contributed by atoms with Crippen LogP contribution in [0.4, 0.5) is 16.8 Å². The molecule has 0 amide bonds. The Kier molecular flexibility index (Phi) is 5.29. The van der Waals surface area contributed by atoms with Crippen molar-refractivity contribution in [3.8, 4) is 6.07 Å². The van der Waals surface area contributed by atoms with Gasteiger partial charge in [0, 0.05) is 54.9 Å². The van der Waals surface area contributed by atoms with E-state index >= 15 is 0 Å². The number of piperidine rings is 1. The highest BCUT2D eigenvalue weighted by molar-refractivity contribution is 7.15. The first-order valence-electron chi connectivity index (χ1n) is 10.4. The molecule has 2 unspecified atom stereocenters. The standard InChI is InChI=1S/C21H25N7OS/c22-5-1-7-28-14-2-3-15(28)9-13(8-14)25-20-17-4-6-23-18(17)10-19(26-20)27-21-24-11-16(12-29)30-21/h4,6,10-11,13-15,23,29H,1-3,7-9,12H2,(H2,24,25,26,27)/t13?,14-,15?/m0/s1. The van der Waals surface area contributed by atoms with Gasteiger partial charge in [-0.1, -0.05) is 11.3 Å². The van der Waals surface area contributed by atoms with Gasteiger partial charge in [-0.25, -0.2) is 9.97 Å². The fourth-order valence-corrected chi connectivity index (χ4v) is 5.59. The van der Waals surface area contributed by atoms with Crippen LogP contribution in [0.25, 0.3) is 10.9 Å². The largest absolute Gasteiger partial charge is 0.391 e. The molecule has 5 heterocycles. The molecule has 0 aliphatic carbocycles. The van der Waals surface area contributed by atoms with Crippen LogP contribution in [-0.4, -0.2) is 49.6 Å². The maximum Gasteiger partial charge on any atom is 0.188 e. The minimum absolute atomic E-state index is 0.00928. The smallest absolute Gasteiger partial charge is 0.188 e. The average molecular weight is 424 g/mol. The Bertz CT molecular complexity index is 1060. The van der Waals surface area contributed by atoms with Crippen LogP contribution in [0, 0.1) is 11.3 Å². The normalized spacial score (nSPS) is 23.5. The maximum atomic E-state index is 9.26. The highest BCUT2D eigenvalue weighted by Crippen LogP contribution is 2.37. The average Bonchev–Trinajstić information content (AvgIpc) is 3.45.